The van der Waals surface area contributed by atoms with E-state index in [1.54, 1.807) is 29.2 Å². The second-order valence-corrected chi connectivity index (χ2v) is 7.99. The maximum atomic E-state index is 13.2. The highest BCUT2D eigenvalue weighted by molar-refractivity contribution is 6.11. The molecule has 1 spiro atoms. The monoisotopic (exact) mass is 434 g/mol. The van der Waals surface area contributed by atoms with Crippen LogP contribution in [0.1, 0.15) is 41.8 Å². The van der Waals surface area contributed by atoms with Crippen LogP contribution in [0.2, 0.25) is 0 Å². The van der Waals surface area contributed by atoms with Crippen LogP contribution in [0.15, 0.2) is 48.5 Å². The highest BCUT2D eigenvalue weighted by atomic mass is 16.2. The van der Waals surface area contributed by atoms with E-state index >= 15 is 0 Å². The van der Waals surface area contributed by atoms with Gasteiger partial charge in [0.05, 0.1) is 0 Å². The van der Waals surface area contributed by atoms with Gasteiger partial charge in [0.15, 0.2) is 0 Å². The van der Waals surface area contributed by atoms with Gasteiger partial charge >= 0.3 is 6.03 Å². The minimum absolute atomic E-state index is 0.123. The molecule has 1 fully saturated rings. The van der Waals surface area contributed by atoms with Gasteiger partial charge in [0, 0.05) is 24.3 Å². The van der Waals surface area contributed by atoms with Crippen LogP contribution in [0.4, 0.5) is 10.5 Å². The van der Waals surface area contributed by atoms with Gasteiger partial charge in [-0.2, -0.15) is 0 Å². The zero-order valence-electron chi connectivity index (χ0n) is 18.2. The van der Waals surface area contributed by atoms with Gasteiger partial charge in [-0.05, 0) is 56.0 Å². The Morgan fingerprint density at radius 2 is 1.84 bits per heavy atom. The minimum Gasteiger partial charge on any atom is -0.339 e. The standard InChI is InChI=1S/C24H26N4O4/c1-3-27(4-2)21(30)17-9-7-10-18(14-17)25-20(29)15-28-22(31)24(26-23(28)32)13-12-16-8-5-6-11-19(16)24/h5-11,14H,3-4,12-13,15H2,1-2H3,(H,25,29)(H,26,32)/t24-/m1/s1. The van der Waals surface area contributed by atoms with Crippen molar-refractivity contribution in [2.45, 2.75) is 32.2 Å². The van der Waals surface area contributed by atoms with E-state index in [4.69, 9.17) is 0 Å². The summed E-state index contributed by atoms with van der Waals surface area (Å²) in [7, 11) is 0. The zero-order valence-corrected chi connectivity index (χ0v) is 18.2. The number of urea groups is 1. The zero-order chi connectivity index (χ0) is 22.9. The Morgan fingerprint density at radius 3 is 2.59 bits per heavy atom. The Balaban J connectivity index is 1.46. The summed E-state index contributed by atoms with van der Waals surface area (Å²) in [6, 6.07) is 13.6. The largest absolute Gasteiger partial charge is 0.339 e. The fourth-order valence-corrected chi connectivity index (χ4v) is 4.50. The summed E-state index contributed by atoms with van der Waals surface area (Å²) in [5.41, 5.74) is 1.62. The lowest BCUT2D eigenvalue weighted by molar-refractivity contribution is -0.134. The van der Waals surface area contributed by atoms with Gasteiger partial charge in [-0.1, -0.05) is 30.3 Å². The van der Waals surface area contributed by atoms with Crippen LogP contribution in [0.5, 0.6) is 0 Å². The molecule has 32 heavy (non-hydrogen) atoms. The molecule has 1 aliphatic carbocycles. The molecule has 0 saturated carbocycles. The lowest BCUT2D eigenvalue weighted by Crippen LogP contribution is -2.43. The number of benzene rings is 2. The number of carbonyl (C=O) groups is 4. The Kier molecular flexibility index (Phi) is 5.69. The minimum atomic E-state index is -1.09. The maximum Gasteiger partial charge on any atom is 0.325 e. The van der Waals surface area contributed by atoms with Crippen LogP contribution in [0.3, 0.4) is 0 Å². The van der Waals surface area contributed by atoms with Gasteiger partial charge in [-0.25, -0.2) is 4.79 Å². The van der Waals surface area contributed by atoms with Crippen molar-refractivity contribution in [1.82, 2.24) is 15.1 Å². The van der Waals surface area contributed by atoms with E-state index in [0.717, 1.165) is 16.0 Å². The Bertz CT molecular complexity index is 1090. The van der Waals surface area contributed by atoms with Gasteiger partial charge in [-0.15, -0.1) is 0 Å². The lowest BCUT2D eigenvalue weighted by Gasteiger charge is -2.22. The average Bonchev–Trinajstić information content (AvgIpc) is 3.28. The molecule has 1 aliphatic heterocycles. The van der Waals surface area contributed by atoms with Crippen LogP contribution < -0.4 is 10.6 Å². The SMILES string of the molecule is CCN(CC)C(=O)c1cccc(NC(=O)CN2C(=O)N[C@@]3(CCc4ccccc43)C2=O)c1. The molecule has 0 unspecified atom stereocenters. The van der Waals surface area contributed by atoms with Crippen LogP contribution in [0, 0.1) is 0 Å². The number of anilines is 1. The van der Waals surface area contributed by atoms with Crippen molar-refractivity contribution in [1.29, 1.82) is 0 Å². The molecule has 2 aliphatic rings. The van der Waals surface area contributed by atoms with E-state index in [0.29, 0.717) is 37.2 Å². The van der Waals surface area contributed by atoms with Crippen molar-refractivity contribution >= 4 is 29.4 Å². The van der Waals surface area contributed by atoms with Crippen LogP contribution >= 0.6 is 0 Å². The number of amides is 5. The van der Waals surface area contributed by atoms with Crippen molar-refractivity contribution in [3.05, 3.63) is 65.2 Å². The highest BCUT2D eigenvalue weighted by Crippen LogP contribution is 2.41. The van der Waals surface area contributed by atoms with Crippen LogP contribution in [-0.4, -0.2) is 53.2 Å². The predicted molar refractivity (Wildman–Crippen MR) is 119 cm³/mol. The number of hydrogen-bond acceptors (Lipinski definition) is 4. The Hall–Kier alpha value is -3.68. The predicted octanol–water partition coefficient (Wildman–Crippen LogP) is 2.50. The molecule has 1 heterocycles. The van der Waals surface area contributed by atoms with E-state index in [1.807, 2.05) is 38.1 Å². The molecular weight excluding hydrogens is 408 g/mol. The smallest absolute Gasteiger partial charge is 0.325 e. The Labute approximate surface area is 186 Å². The Morgan fingerprint density at radius 1 is 1.09 bits per heavy atom. The first-order valence-electron chi connectivity index (χ1n) is 10.8. The molecule has 5 amide bonds. The van der Waals surface area contributed by atoms with E-state index < -0.39 is 29.9 Å². The molecular formula is C24H26N4O4. The van der Waals surface area contributed by atoms with E-state index in [1.165, 1.54) is 0 Å². The quantitative estimate of drug-likeness (QED) is 0.683. The summed E-state index contributed by atoms with van der Waals surface area (Å²) in [5.74, 6) is -1.04. The van der Waals surface area contributed by atoms with Crippen molar-refractivity contribution in [3.8, 4) is 0 Å². The second kappa shape index (κ2) is 8.45. The third-order valence-corrected chi connectivity index (χ3v) is 6.17. The summed E-state index contributed by atoms with van der Waals surface area (Å²) >= 11 is 0. The summed E-state index contributed by atoms with van der Waals surface area (Å²) < 4.78 is 0. The summed E-state index contributed by atoms with van der Waals surface area (Å²) in [6.45, 7) is 4.58. The number of carbonyl (C=O) groups excluding carboxylic acids is 4. The molecule has 166 valence electrons. The van der Waals surface area contributed by atoms with E-state index in [2.05, 4.69) is 10.6 Å². The number of hydrogen-bond donors (Lipinski definition) is 2. The summed E-state index contributed by atoms with van der Waals surface area (Å²) in [4.78, 5) is 53.6. The molecule has 2 aromatic rings. The first-order valence-corrected chi connectivity index (χ1v) is 10.8. The fraction of sp³-hybridized carbons (Fsp3) is 0.333. The number of rotatable bonds is 6. The summed E-state index contributed by atoms with van der Waals surface area (Å²) in [6.07, 6.45) is 1.17. The van der Waals surface area contributed by atoms with E-state index in [-0.39, 0.29) is 5.91 Å². The molecule has 2 N–H and O–H groups in total. The van der Waals surface area contributed by atoms with Crippen molar-refractivity contribution in [2.24, 2.45) is 0 Å². The number of nitrogens with one attached hydrogen (secondary N) is 2. The molecule has 8 nitrogen and oxygen atoms in total. The highest BCUT2D eigenvalue weighted by Gasteiger charge is 2.55. The molecule has 1 atom stereocenters. The van der Waals surface area contributed by atoms with Gasteiger partial charge in [-0.3, -0.25) is 19.3 Å². The second-order valence-electron chi connectivity index (χ2n) is 7.99. The molecule has 1 saturated heterocycles. The lowest BCUT2D eigenvalue weighted by atomic mass is 9.92. The number of fused-ring (bicyclic) bond motifs is 2. The first-order chi connectivity index (χ1) is 15.4. The molecule has 0 bridgehead atoms. The summed E-state index contributed by atoms with van der Waals surface area (Å²) in [5, 5.41) is 5.51. The van der Waals surface area contributed by atoms with Gasteiger partial charge in [0.25, 0.3) is 11.8 Å². The van der Waals surface area contributed by atoms with Crippen molar-refractivity contribution < 1.29 is 19.2 Å². The molecule has 0 radical (unpaired) electrons. The number of aryl methyl sites for hydroxylation is 1. The molecule has 8 heteroatoms. The average molecular weight is 434 g/mol. The topological polar surface area (TPSA) is 98.8 Å². The van der Waals surface area contributed by atoms with Crippen LogP contribution in [0.25, 0.3) is 0 Å². The number of imide groups is 1. The maximum absolute atomic E-state index is 13.2. The van der Waals surface area contributed by atoms with Gasteiger partial charge in [0.1, 0.15) is 12.1 Å². The van der Waals surface area contributed by atoms with E-state index in [9.17, 15) is 19.2 Å². The third kappa shape index (κ3) is 3.62. The normalized spacial score (nSPS) is 19.1. The van der Waals surface area contributed by atoms with Crippen molar-refractivity contribution in [2.75, 3.05) is 25.0 Å². The van der Waals surface area contributed by atoms with Gasteiger partial charge in [0.2, 0.25) is 5.91 Å². The molecule has 2 aromatic carbocycles. The molecule has 0 aromatic heterocycles. The van der Waals surface area contributed by atoms with Gasteiger partial charge < -0.3 is 15.5 Å². The van der Waals surface area contributed by atoms with Crippen LogP contribution in [-0.2, 0) is 21.5 Å². The van der Waals surface area contributed by atoms with Crippen molar-refractivity contribution in [3.63, 3.8) is 0 Å². The number of nitrogens with zero attached hydrogens (tertiary/aromatic N) is 2. The first kappa shape index (κ1) is 21.5. The fourth-order valence-electron chi connectivity index (χ4n) is 4.50. The molecule has 4 rings (SSSR count). The third-order valence-electron chi connectivity index (χ3n) is 6.17.